The molecule has 2 aliphatic heterocycles. The fourth-order valence-electron chi connectivity index (χ4n) is 2.95. The van der Waals surface area contributed by atoms with E-state index in [0.717, 1.165) is 11.9 Å². The zero-order valence-corrected chi connectivity index (χ0v) is 13.2. The summed E-state index contributed by atoms with van der Waals surface area (Å²) in [4.78, 5) is 15.7. The van der Waals surface area contributed by atoms with Crippen molar-refractivity contribution in [2.75, 3.05) is 18.1 Å². The molecular weight excluding hydrogens is 331 g/mol. The summed E-state index contributed by atoms with van der Waals surface area (Å²) >= 11 is 1.54. The summed E-state index contributed by atoms with van der Waals surface area (Å²) in [6.07, 6.45) is -1.84. The summed E-state index contributed by atoms with van der Waals surface area (Å²) in [5.74, 6) is 1.25. The third-order valence-electron chi connectivity index (χ3n) is 4.36. The van der Waals surface area contributed by atoms with Gasteiger partial charge in [-0.25, -0.2) is 4.98 Å². The molecule has 1 amide bonds. The fourth-order valence-corrected chi connectivity index (χ4v) is 4.19. The van der Waals surface area contributed by atoms with E-state index >= 15 is 0 Å². The number of carbonyl (C=O) groups is 1. The maximum atomic E-state index is 12.7. The molecule has 0 radical (unpaired) electrons. The summed E-state index contributed by atoms with van der Waals surface area (Å²) in [5.41, 5.74) is -2.17. The summed E-state index contributed by atoms with van der Waals surface area (Å²) in [5, 5.41) is 12.9. The van der Waals surface area contributed by atoms with Gasteiger partial charge in [0, 0.05) is 31.5 Å². The van der Waals surface area contributed by atoms with Crippen molar-refractivity contribution in [1.82, 2.24) is 14.9 Å². The van der Waals surface area contributed by atoms with Gasteiger partial charge in [-0.05, 0) is 24.5 Å². The van der Waals surface area contributed by atoms with Crippen LogP contribution in [0.4, 0.5) is 13.2 Å². The standard InChI is InChI=1S/C14H18F3N3O2S/c15-14(16,17)10-7-20-6-9(1-2-11(20)19-10)5-18-12(21)13(22)3-4-23-8-13/h7,9,22H,1-6,8H2,(H,18,21)/t9-,13+/m1/s1. The van der Waals surface area contributed by atoms with Gasteiger partial charge in [0.15, 0.2) is 11.3 Å². The van der Waals surface area contributed by atoms with Crippen molar-refractivity contribution in [2.24, 2.45) is 5.92 Å². The molecule has 0 spiro atoms. The highest BCUT2D eigenvalue weighted by Crippen LogP contribution is 2.31. The van der Waals surface area contributed by atoms with Gasteiger partial charge in [-0.2, -0.15) is 24.9 Å². The first-order valence-electron chi connectivity index (χ1n) is 7.49. The highest BCUT2D eigenvalue weighted by Gasteiger charge is 2.40. The minimum absolute atomic E-state index is 0.0411. The Labute approximate surface area is 135 Å². The number of hydrogen-bond donors (Lipinski definition) is 2. The number of hydrogen-bond acceptors (Lipinski definition) is 4. The Bertz CT molecular complexity index is 597. The first kappa shape index (κ1) is 16.6. The molecule has 3 rings (SSSR count). The van der Waals surface area contributed by atoms with Crippen LogP contribution in [0.15, 0.2) is 6.20 Å². The Morgan fingerprint density at radius 1 is 1.57 bits per heavy atom. The lowest BCUT2D eigenvalue weighted by molar-refractivity contribution is -0.141. The molecule has 1 aromatic heterocycles. The van der Waals surface area contributed by atoms with Crippen LogP contribution >= 0.6 is 11.8 Å². The van der Waals surface area contributed by atoms with Crippen LogP contribution in [0.1, 0.15) is 24.4 Å². The van der Waals surface area contributed by atoms with Crippen molar-refractivity contribution in [3.8, 4) is 0 Å². The molecule has 9 heteroatoms. The second kappa shape index (κ2) is 6.01. The molecule has 0 aromatic carbocycles. The molecule has 0 aliphatic carbocycles. The number of amides is 1. The SMILES string of the molecule is O=C(NC[C@H]1CCc2nc(C(F)(F)F)cn2C1)[C@]1(O)CCSC1. The minimum Gasteiger partial charge on any atom is -0.379 e. The second-order valence-electron chi connectivity index (χ2n) is 6.14. The van der Waals surface area contributed by atoms with Crippen molar-refractivity contribution in [3.63, 3.8) is 0 Å². The third kappa shape index (κ3) is 3.50. The number of aliphatic hydroxyl groups is 1. The molecule has 3 heterocycles. The van der Waals surface area contributed by atoms with Crippen LogP contribution in [-0.4, -0.2) is 44.2 Å². The monoisotopic (exact) mass is 349 g/mol. The maximum Gasteiger partial charge on any atom is 0.434 e. The summed E-state index contributed by atoms with van der Waals surface area (Å²) in [7, 11) is 0. The maximum absolute atomic E-state index is 12.7. The zero-order chi connectivity index (χ0) is 16.7. The van der Waals surface area contributed by atoms with Gasteiger partial charge in [0.1, 0.15) is 5.82 Å². The van der Waals surface area contributed by atoms with Gasteiger partial charge in [0.05, 0.1) is 0 Å². The van der Waals surface area contributed by atoms with Crippen molar-refractivity contribution < 1.29 is 23.1 Å². The Morgan fingerprint density at radius 3 is 3.00 bits per heavy atom. The van der Waals surface area contributed by atoms with Crippen LogP contribution in [0.5, 0.6) is 0 Å². The smallest absolute Gasteiger partial charge is 0.379 e. The molecule has 1 saturated heterocycles. The van der Waals surface area contributed by atoms with Crippen molar-refractivity contribution >= 4 is 17.7 Å². The van der Waals surface area contributed by atoms with Crippen LogP contribution in [-0.2, 0) is 23.9 Å². The number of nitrogens with zero attached hydrogens (tertiary/aromatic N) is 2. The number of halogens is 3. The van der Waals surface area contributed by atoms with E-state index in [-0.39, 0.29) is 11.8 Å². The number of nitrogens with one attached hydrogen (secondary N) is 1. The number of imidazole rings is 1. The molecule has 0 saturated carbocycles. The number of alkyl halides is 3. The van der Waals surface area contributed by atoms with E-state index in [0.29, 0.717) is 43.9 Å². The highest BCUT2D eigenvalue weighted by atomic mass is 32.2. The number of rotatable bonds is 3. The predicted molar refractivity (Wildman–Crippen MR) is 78.9 cm³/mol. The van der Waals surface area contributed by atoms with Gasteiger partial charge in [-0.3, -0.25) is 4.79 Å². The number of aryl methyl sites for hydroxylation is 1. The largest absolute Gasteiger partial charge is 0.434 e. The fraction of sp³-hybridized carbons (Fsp3) is 0.714. The summed E-state index contributed by atoms with van der Waals surface area (Å²) < 4.78 is 39.6. The topological polar surface area (TPSA) is 67.2 Å². The molecule has 2 aliphatic rings. The van der Waals surface area contributed by atoms with Gasteiger partial charge in [-0.15, -0.1) is 0 Å². The summed E-state index contributed by atoms with van der Waals surface area (Å²) in [6, 6.07) is 0. The van der Waals surface area contributed by atoms with Crippen LogP contribution in [0.2, 0.25) is 0 Å². The highest BCUT2D eigenvalue weighted by molar-refractivity contribution is 7.99. The van der Waals surface area contributed by atoms with E-state index in [9.17, 15) is 23.1 Å². The third-order valence-corrected chi connectivity index (χ3v) is 5.53. The van der Waals surface area contributed by atoms with Crippen LogP contribution in [0.25, 0.3) is 0 Å². The minimum atomic E-state index is -4.43. The number of thioether (sulfide) groups is 1. The van der Waals surface area contributed by atoms with Crippen LogP contribution in [0.3, 0.4) is 0 Å². The Kier molecular flexibility index (Phi) is 4.35. The van der Waals surface area contributed by atoms with Crippen molar-refractivity contribution in [1.29, 1.82) is 0 Å². The number of fused-ring (bicyclic) bond motifs is 1. The van der Waals surface area contributed by atoms with E-state index in [1.165, 1.54) is 16.3 Å². The first-order valence-corrected chi connectivity index (χ1v) is 8.65. The molecule has 1 fully saturated rings. The molecular formula is C14H18F3N3O2S. The number of aromatic nitrogens is 2. The average Bonchev–Trinajstić information content (AvgIpc) is 3.10. The van der Waals surface area contributed by atoms with E-state index in [4.69, 9.17) is 0 Å². The normalized spacial score (nSPS) is 27.7. The predicted octanol–water partition coefficient (Wildman–Crippen LogP) is 1.45. The molecule has 128 valence electrons. The van der Waals surface area contributed by atoms with E-state index in [1.807, 2.05) is 0 Å². The quantitative estimate of drug-likeness (QED) is 0.867. The van der Waals surface area contributed by atoms with E-state index < -0.39 is 17.5 Å². The molecule has 5 nitrogen and oxygen atoms in total. The Hall–Kier alpha value is -1.22. The second-order valence-corrected chi connectivity index (χ2v) is 7.25. The molecule has 1 aromatic rings. The van der Waals surface area contributed by atoms with Gasteiger partial charge in [0.2, 0.25) is 0 Å². The molecule has 0 unspecified atom stereocenters. The van der Waals surface area contributed by atoms with Crippen LogP contribution in [0, 0.1) is 5.92 Å². The lowest BCUT2D eigenvalue weighted by Crippen LogP contribution is -2.48. The average molecular weight is 349 g/mol. The Balaban J connectivity index is 1.57. The Morgan fingerprint density at radius 2 is 2.35 bits per heavy atom. The van der Waals surface area contributed by atoms with Gasteiger partial charge in [-0.1, -0.05) is 0 Å². The lowest BCUT2D eigenvalue weighted by atomic mass is 9.98. The molecule has 0 bridgehead atoms. The molecule has 23 heavy (non-hydrogen) atoms. The first-order chi connectivity index (χ1) is 10.8. The van der Waals surface area contributed by atoms with E-state index in [2.05, 4.69) is 10.3 Å². The van der Waals surface area contributed by atoms with Crippen LogP contribution < -0.4 is 5.32 Å². The van der Waals surface area contributed by atoms with Gasteiger partial charge >= 0.3 is 6.18 Å². The molecule has 2 N–H and O–H groups in total. The van der Waals surface area contributed by atoms with Crippen molar-refractivity contribution in [3.05, 3.63) is 17.7 Å². The molecule has 2 atom stereocenters. The van der Waals surface area contributed by atoms with Gasteiger partial charge in [0.25, 0.3) is 5.91 Å². The lowest BCUT2D eigenvalue weighted by Gasteiger charge is -2.26. The van der Waals surface area contributed by atoms with E-state index in [1.54, 1.807) is 0 Å². The zero-order valence-electron chi connectivity index (χ0n) is 12.4. The number of carbonyl (C=O) groups excluding carboxylic acids is 1. The van der Waals surface area contributed by atoms with Gasteiger partial charge < -0.3 is 15.0 Å². The summed E-state index contributed by atoms with van der Waals surface area (Å²) in [6.45, 7) is 0.747. The van der Waals surface area contributed by atoms with Crippen molar-refractivity contribution in [2.45, 2.75) is 37.6 Å².